The van der Waals surface area contributed by atoms with E-state index in [2.05, 4.69) is 15.0 Å². The molecule has 5 nitrogen and oxygen atoms in total. The van der Waals surface area contributed by atoms with Crippen LogP contribution in [0.25, 0.3) is 0 Å². The zero-order chi connectivity index (χ0) is 22.4. The molecule has 11 heteroatoms. The number of pyridine rings is 1. The summed E-state index contributed by atoms with van der Waals surface area (Å²) < 4.78 is 78.9. The van der Waals surface area contributed by atoms with Crippen LogP contribution in [-0.4, -0.2) is 30.2 Å². The maximum atomic E-state index is 12.6. The molecule has 0 saturated heterocycles. The average Bonchev–Trinajstić information content (AvgIpc) is 2.65. The highest BCUT2D eigenvalue weighted by Crippen LogP contribution is 2.29. The Morgan fingerprint density at radius 2 is 1.73 bits per heavy atom. The summed E-state index contributed by atoms with van der Waals surface area (Å²) >= 11 is 0. The van der Waals surface area contributed by atoms with Gasteiger partial charge in [-0.25, -0.2) is 0 Å². The lowest BCUT2D eigenvalue weighted by Crippen LogP contribution is -2.31. The van der Waals surface area contributed by atoms with Crippen LogP contribution in [0.4, 0.5) is 26.3 Å². The van der Waals surface area contributed by atoms with Crippen molar-refractivity contribution in [3.05, 3.63) is 59.4 Å². The maximum Gasteiger partial charge on any atom is 0.422 e. The summed E-state index contributed by atoms with van der Waals surface area (Å²) in [5.41, 5.74) is 5.47. The van der Waals surface area contributed by atoms with Crippen molar-refractivity contribution in [1.29, 1.82) is 0 Å². The van der Waals surface area contributed by atoms with Gasteiger partial charge in [0, 0.05) is 0 Å². The molecular weight excluding hydrogens is 416 g/mol. The lowest BCUT2D eigenvalue weighted by molar-refractivity contribution is -0.153. The fourth-order valence-corrected chi connectivity index (χ4v) is 2.55. The number of hydrogen-bond donors (Lipinski definition) is 2. The number of halogens is 6. The van der Waals surface area contributed by atoms with Crippen molar-refractivity contribution < 1.29 is 35.9 Å². The number of aromatic nitrogens is 1. The summed E-state index contributed by atoms with van der Waals surface area (Å²) in [4.78, 5) is 16.3. The van der Waals surface area contributed by atoms with Crippen molar-refractivity contribution in [2.45, 2.75) is 31.2 Å². The van der Waals surface area contributed by atoms with E-state index in [1.807, 2.05) is 0 Å². The lowest BCUT2D eigenvalue weighted by Gasteiger charge is -2.18. The molecule has 1 heterocycles. The lowest BCUT2D eigenvalue weighted by atomic mass is 10.1. The van der Waals surface area contributed by atoms with Crippen molar-refractivity contribution >= 4 is 5.91 Å². The molecule has 3 N–H and O–H groups in total. The smallest absolute Gasteiger partial charge is 0.422 e. The molecule has 0 saturated carbocycles. The SMILES string of the molecule is NCCC(NC(=O)Cc1ccc(C(F)(F)F)cc1)c1ccc(OCC(F)(F)F)cn1. The van der Waals surface area contributed by atoms with Crippen molar-refractivity contribution in [2.24, 2.45) is 5.73 Å². The molecule has 164 valence electrons. The Kier molecular flexibility index (Phi) is 7.65. The van der Waals surface area contributed by atoms with Crippen molar-refractivity contribution in [1.82, 2.24) is 10.3 Å². The van der Waals surface area contributed by atoms with E-state index < -0.39 is 36.5 Å². The van der Waals surface area contributed by atoms with E-state index >= 15 is 0 Å². The highest BCUT2D eigenvalue weighted by atomic mass is 19.4. The second-order valence-corrected chi connectivity index (χ2v) is 6.39. The van der Waals surface area contributed by atoms with Crippen LogP contribution in [0.2, 0.25) is 0 Å². The van der Waals surface area contributed by atoms with E-state index in [0.717, 1.165) is 18.3 Å². The molecule has 2 aromatic rings. The van der Waals surface area contributed by atoms with Crippen molar-refractivity contribution in [3.8, 4) is 5.75 Å². The normalized spacial score (nSPS) is 13.0. The number of carbonyl (C=O) groups excluding carboxylic acids is 1. The van der Waals surface area contributed by atoms with E-state index in [1.54, 1.807) is 0 Å². The minimum Gasteiger partial charge on any atom is -0.483 e. The van der Waals surface area contributed by atoms with Crippen LogP contribution in [0.1, 0.15) is 29.3 Å². The van der Waals surface area contributed by atoms with Gasteiger partial charge in [0.05, 0.1) is 29.9 Å². The van der Waals surface area contributed by atoms with Gasteiger partial charge in [-0.15, -0.1) is 0 Å². The quantitative estimate of drug-likeness (QED) is 0.619. The Morgan fingerprint density at radius 1 is 1.07 bits per heavy atom. The Morgan fingerprint density at radius 3 is 2.23 bits per heavy atom. The van der Waals surface area contributed by atoms with Gasteiger partial charge in [-0.05, 0) is 42.8 Å². The van der Waals surface area contributed by atoms with Gasteiger partial charge in [-0.3, -0.25) is 9.78 Å². The van der Waals surface area contributed by atoms with Crippen LogP contribution < -0.4 is 15.8 Å². The number of alkyl halides is 6. The zero-order valence-corrected chi connectivity index (χ0v) is 15.6. The number of rotatable bonds is 8. The van der Waals surface area contributed by atoms with Gasteiger partial charge in [0.25, 0.3) is 0 Å². The van der Waals surface area contributed by atoms with E-state index in [-0.39, 0.29) is 18.7 Å². The van der Waals surface area contributed by atoms with Gasteiger partial charge < -0.3 is 15.8 Å². The molecule has 1 amide bonds. The first kappa shape index (κ1) is 23.5. The van der Waals surface area contributed by atoms with Crippen LogP contribution >= 0.6 is 0 Å². The maximum absolute atomic E-state index is 12.6. The van der Waals surface area contributed by atoms with Crippen molar-refractivity contribution in [3.63, 3.8) is 0 Å². The van der Waals surface area contributed by atoms with E-state index in [4.69, 9.17) is 5.73 Å². The highest BCUT2D eigenvalue weighted by Gasteiger charge is 2.30. The molecule has 1 aromatic heterocycles. The minimum atomic E-state index is -4.48. The van der Waals surface area contributed by atoms with Gasteiger partial charge in [-0.2, -0.15) is 26.3 Å². The molecule has 0 bridgehead atoms. The third-order valence-electron chi connectivity index (χ3n) is 3.96. The summed E-state index contributed by atoms with van der Waals surface area (Å²) in [5, 5.41) is 2.68. The van der Waals surface area contributed by atoms with Gasteiger partial charge in [0.2, 0.25) is 5.91 Å². The Bertz CT molecular complexity index is 820. The van der Waals surface area contributed by atoms with Gasteiger partial charge >= 0.3 is 12.4 Å². The monoisotopic (exact) mass is 435 g/mol. The molecule has 0 aliphatic rings. The minimum absolute atomic E-state index is 0.0846. The average molecular weight is 435 g/mol. The fraction of sp³-hybridized carbons (Fsp3) is 0.368. The molecule has 1 atom stereocenters. The third kappa shape index (κ3) is 7.54. The van der Waals surface area contributed by atoms with E-state index in [1.165, 1.54) is 24.3 Å². The number of carbonyl (C=O) groups is 1. The third-order valence-corrected chi connectivity index (χ3v) is 3.96. The molecule has 0 aliphatic heterocycles. The Balaban J connectivity index is 1.99. The van der Waals surface area contributed by atoms with Crippen LogP contribution in [0.3, 0.4) is 0 Å². The standard InChI is InChI=1S/C19H19F6N3O2/c20-18(21,22)11-30-14-5-6-15(27-10-14)16(7-8-26)28-17(29)9-12-1-3-13(4-2-12)19(23,24)25/h1-6,10,16H,7-9,11,26H2,(H,28,29). The number of nitrogens with zero attached hydrogens (tertiary/aromatic N) is 1. The molecular formula is C19H19F6N3O2. The predicted molar refractivity (Wildman–Crippen MR) is 95.5 cm³/mol. The number of hydrogen-bond acceptors (Lipinski definition) is 4. The summed E-state index contributed by atoms with van der Waals surface area (Å²) in [6, 6.07) is 6.29. The first-order chi connectivity index (χ1) is 14.0. The predicted octanol–water partition coefficient (Wildman–Crippen LogP) is 3.79. The molecule has 2 rings (SSSR count). The van der Waals surface area contributed by atoms with Gasteiger partial charge in [0.15, 0.2) is 6.61 Å². The van der Waals surface area contributed by atoms with Gasteiger partial charge in [0.1, 0.15) is 5.75 Å². The largest absolute Gasteiger partial charge is 0.483 e. The number of nitrogens with two attached hydrogens (primary N) is 1. The van der Waals surface area contributed by atoms with E-state index in [0.29, 0.717) is 17.7 Å². The fourth-order valence-electron chi connectivity index (χ4n) is 2.55. The summed E-state index contributed by atoms with van der Waals surface area (Å²) in [7, 11) is 0. The number of ether oxygens (including phenoxy) is 1. The zero-order valence-electron chi connectivity index (χ0n) is 15.6. The number of nitrogens with one attached hydrogen (secondary N) is 1. The second-order valence-electron chi connectivity index (χ2n) is 6.39. The first-order valence-corrected chi connectivity index (χ1v) is 8.79. The molecule has 0 radical (unpaired) electrons. The van der Waals surface area contributed by atoms with E-state index in [9.17, 15) is 31.1 Å². The summed E-state index contributed by atoms with van der Waals surface area (Å²) in [6.07, 6.45) is -7.70. The second kappa shape index (κ2) is 9.79. The highest BCUT2D eigenvalue weighted by molar-refractivity contribution is 5.79. The molecule has 0 spiro atoms. The first-order valence-electron chi connectivity index (χ1n) is 8.79. The molecule has 1 aromatic carbocycles. The van der Waals surface area contributed by atoms with Crippen molar-refractivity contribution in [2.75, 3.05) is 13.2 Å². The Labute approximate surface area is 168 Å². The molecule has 1 unspecified atom stereocenters. The van der Waals surface area contributed by atoms with Gasteiger partial charge in [-0.1, -0.05) is 12.1 Å². The van der Waals surface area contributed by atoms with Crippen LogP contribution in [-0.2, 0) is 17.4 Å². The molecule has 30 heavy (non-hydrogen) atoms. The molecule has 0 fully saturated rings. The number of benzene rings is 1. The van der Waals surface area contributed by atoms with Crippen LogP contribution in [0.5, 0.6) is 5.75 Å². The molecule has 0 aliphatic carbocycles. The summed E-state index contributed by atoms with van der Waals surface area (Å²) in [5.74, 6) is -0.550. The number of amides is 1. The Hall–Kier alpha value is -2.82. The summed E-state index contributed by atoms with van der Waals surface area (Å²) in [6.45, 7) is -1.26. The topological polar surface area (TPSA) is 77.2 Å². The van der Waals surface area contributed by atoms with Crippen LogP contribution in [0.15, 0.2) is 42.6 Å². The van der Waals surface area contributed by atoms with Crippen LogP contribution in [0, 0.1) is 0 Å².